The molecule has 27 heavy (non-hydrogen) atoms. The van der Waals surface area contributed by atoms with Crippen LogP contribution >= 0.6 is 0 Å². The number of hydrogen-bond acceptors (Lipinski definition) is 3. The largest absolute Gasteiger partial charge is 0.340 e. The third kappa shape index (κ3) is 5.67. The second kappa shape index (κ2) is 8.98. The SMILES string of the molecule is CC(=O)Nc1cccc(NC(=O)[C@@H](NC(=O)c2ccccc2C)C(C)C)c1. The number of carbonyl (C=O) groups excluding carboxylic acids is 3. The van der Waals surface area contributed by atoms with Gasteiger partial charge < -0.3 is 16.0 Å². The summed E-state index contributed by atoms with van der Waals surface area (Å²) in [6.45, 7) is 7.01. The van der Waals surface area contributed by atoms with Crippen molar-refractivity contribution < 1.29 is 14.4 Å². The van der Waals surface area contributed by atoms with Crippen LogP contribution in [-0.4, -0.2) is 23.8 Å². The lowest BCUT2D eigenvalue weighted by Gasteiger charge is -2.22. The predicted molar refractivity (Wildman–Crippen MR) is 107 cm³/mol. The second-order valence-electron chi connectivity index (χ2n) is 6.76. The summed E-state index contributed by atoms with van der Waals surface area (Å²) in [4.78, 5) is 36.5. The Balaban J connectivity index is 2.12. The molecular formula is C21H25N3O3. The van der Waals surface area contributed by atoms with Gasteiger partial charge in [0.2, 0.25) is 11.8 Å². The number of amides is 3. The van der Waals surface area contributed by atoms with Crippen LogP contribution in [0.25, 0.3) is 0 Å². The molecule has 0 fully saturated rings. The average Bonchev–Trinajstić information content (AvgIpc) is 2.59. The van der Waals surface area contributed by atoms with Crippen molar-refractivity contribution in [1.82, 2.24) is 5.32 Å². The molecule has 0 bridgehead atoms. The number of nitrogens with one attached hydrogen (secondary N) is 3. The van der Waals surface area contributed by atoms with Gasteiger partial charge in [-0.2, -0.15) is 0 Å². The minimum absolute atomic E-state index is 0.100. The number of rotatable bonds is 6. The highest BCUT2D eigenvalue weighted by atomic mass is 16.2. The van der Waals surface area contributed by atoms with Gasteiger partial charge in [0.25, 0.3) is 5.91 Å². The molecule has 142 valence electrons. The van der Waals surface area contributed by atoms with Gasteiger partial charge in [-0.3, -0.25) is 14.4 Å². The molecule has 0 aliphatic carbocycles. The fourth-order valence-corrected chi connectivity index (χ4v) is 2.68. The highest BCUT2D eigenvalue weighted by Crippen LogP contribution is 2.17. The summed E-state index contributed by atoms with van der Waals surface area (Å²) in [5.41, 5.74) is 2.52. The van der Waals surface area contributed by atoms with E-state index < -0.39 is 6.04 Å². The summed E-state index contributed by atoms with van der Waals surface area (Å²) in [7, 11) is 0. The highest BCUT2D eigenvalue weighted by molar-refractivity contribution is 6.02. The van der Waals surface area contributed by atoms with Crippen LogP contribution in [0.2, 0.25) is 0 Å². The van der Waals surface area contributed by atoms with E-state index in [9.17, 15) is 14.4 Å². The van der Waals surface area contributed by atoms with Crippen LogP contribution in [0.15, 0.2) is 48.5 Å². The van der Waals surface area contributed by atoms with Crippen LogP contribution in [0.4, 0.5) is 11.4 Å². The Kier molecular flexibility index (Phi) is 6.71. The number of aryl methyl sites for hydroxylation is 1. The van der Waals surface area contributed by atoms with Crippen molar-refractivity contribution in [2.45, 2.75) is 33.7 Å². The molecule has 0 aromatic heterocycles. The minimum Gasteiger partial charge on any atom is -0.340 e. The quantitative estimate of drug-likeness (QED) is 0.732. The zero-order chi connectivity index (χ0) is 20.0. The van der Waals surface area contributed by atoms with Gasteiger partial charge in [-0.15, -0.1) is 0 Å². The number of benzene rings is 2. The van der Waals surface area contributed by atoms with Gasteiger partial charge in [0.1, 0.15) is 6.04 Å². The van der Waals surface area contributed by atoms with E-state index in [1.807, 2.05) is 32.9 Å². The average molecular weight is 367 g/mol. The Morgan fingerprint density at radius 1 is 0.889 bits per heavy atom. The lowest BCUT2D eigenvalue weighted by atomic mass is 10.0. The summed E-state index contributed by atoms with van der Waals surface area (Å²) >= 11 is 0. The van der Waals surface area contributed by atoms with Crippen LogP contribution in [0.3, 0.4) is 0 Å². The third-order valence-electron chi connectivity index (χ3n) is 4.08. The Morgan fingerprint density at radius 3 is 2.11 bits per heavy atom. The summed E-state index contributed by atoms with van der Waals surface area (Å²) in [6, 6.07) is 13.4. The molecule has 6 nitrogen and oxygen atoms in total. The van der Waals surface area contributed by atoms with Crippen LogP contribution in [-0.2, 0) is 9.59 Å². The monoisotopic (exact) mass is 367 g/mol. The maximum Gasteiger partial charge on any atom is 0.252 e. The zero-order valence-electron chi connectivity index (χ0n) is 16.0. The second-order valence-corrected chi connectivity index (χ2v) is 6.76. The Morgan fingerprint density at radius 2 is 1.52 bits per heavy atom. The lowest BCUT2D eigenvalue weighted by molar-refractivity contribution is -0.119. The Labute approximate surface area is 159 Å². The van der Waals surface area contributed by atoms with Gasteiger partial charge in [-0.05, 0) is 42.7 Å². The van der Waals surface area contributed by atoms with Gasteiger partial charge in [0.15, 0.2) is 0 Å². The maximum atomic E-state index is 12.7. The zero-order valence-corrected chi connectivity index (χ0v) is 16.0. The van der Waals surface area contributed by atoms with Gasteiger partial charge >= 0.3 is 0 Å². The summed E-state index contributed by atoms with van der Waals surface area (Å²) < 4.78 is 0. The molecule has 0 radical (unpaired) electrons. The van der Waals surface area contributed by atoms with E-state index in [1.165, 1.54) is 6.92 Å². The first-order chi connectivity index (χ1) is 12.8. The molecule has 0 aliphatic rings. The summed E-state index contributed by atoms with van der Waals surface area (Å²) in [6.07, 6.45) is 0. The van der Waals surface area contributed by atoms with Crippen molar-refractivity contribution in [2.75, 3.05) is 10.6 Å². The molecule has 0 spiro atoms. The Hall–Kier alpha value is -3.15. The van der Waals surface area contributed by atoms with Crippen molar-refractivity contribution in [1.29, 1.82) is 0 Å². The van der Waals surface area contributed by atoms with Crippen molar-refractivity contribution in [3.05, 3.63) is 59.7 Å². The molecule has 6 heteroatoms. The highest BCUT2D eigenvalue weighted by Gasteiger charge is 2.25. The normalized spacial score (nSPS) is 11.6. The van der Waals surface area contributed by atoms with Crippen molar-refractivity contribution in [3.63, 3.8) is 0 Å². The van der Waals surface area contributed by atoms with Crippen LogP contribution in [0.5, 0.6) is 0 Å². The van der Waals surface area contributed by atoms with Crippen molar-refractivity contribution in [2.24, 2.45) is 5.92 Å². The molecular weight excluding hydrogens is 342 g/mol. The standard InChI is InChI=1S/C21H25N3O3/c1-13(2)19(24-20(26)18-11-6-5-8-14(18)3)21(27)23-17-10-7-9-16(12-17)22-15(4)25/h5-13,19H,1-4H3,(H,22,25)(H,23,27)(H,24,26)/t19-/m0/s1. The van der Waals surface area contributed by atoms with E-state index in [0.29, 0.717) is 16.9 Å². The van der Waals surface area contributed by atoms with E-state index >= 15 is 0 Å². The molecule has 0 aliphatic heterocycles. The fourth-order valence-electron chi connectivity index (χ4n) is 2.68. The number of hydrogen-bond donors (Lipinski definition) is 3. The predicted octanol–water partition coefficient (Wildman–Crippen LogP) is 3.35. The van der Waals surface area contributed by atoms with Crippen LogP contribution < -0.4 is 16.0 Å². The molecule has 0 heterocycles. The number of carbonyl (C=O) groups is 3. The smallest absolute Gasteiger partial charge is 0.252 e. The molecule has 0 saturated heterocycles. The van der Waals surface area contributed by atoms with E-state index in [1.54, 1.807) is 36.4 Å². The molecule has 2 aromatic carbocycles. The van der Waals surface area contributed by atoms with Gasteiger partial charge in [0, 0.05) is 23.9 Å². The first-order valence-electron chi connectivity index (χ1n) is 8.83. The van der Waals surface area contributed by atoms with Gasteiger partial charge in [0.05, 0.1) is 0 Å². The lowest BCUT2D eigenvalue weighted by Crippen LogP contribution is -2.47. The summed E-state index contributed by atoms with van der Waals surface area (Å²) in [5, 5.41) is 8.29. The van der Waals surface area contributed by atoms with E-state index in [0.717, 1.165) is 5.56 Å². The first-order valence-corrected chi connectivity index (χ1v) is 8.83. The minimum atomic E-state index is -0.693. The maximum absolute atomic E-state index is 12.7. The third-order valence-corrected chi connectivity index (χ3v) is 4.08. The summed E-state index contributed by atoms with van der Waals surface area (Å²) in [5.74, 6) is -0.888. The van der Waals surface area contributed by atoms with Gasteiger partial charge in [-0.1, -0.05) is 38.1 Å². The van der Waals surface area contributed by atoms with Crippen molar-refractivity contribution >= 4 is 29.1 Å². The molecule has 0 unspecified atom stereocenters. The van der Waals surface area contributed by atoms with Crippen LogP contribution in [0, 0.1) is 12.8 Å². The molecule has 0 saturated carbocycles. The van der Waals surface area contributed by atoms with E-state index in [-0.39, 0.29) is 23.6 Å². The molecule has 3 amide bonds. The van der Waals surface area contributed by atoms with Crippen LogP contribution in [0.1, 0.15) is 36.7 Å². The molecule has 1 atom stereocenters. The first kappa shape index (κ1) is 20.2. The number of anilines is 2. The molecule has 2 aromatic rings. The van der Waals surface area contributed by atoms with Crippen molar-refractivity contribution in [3.8, 4) is 0 Å². The van der Waals surface area contributed by atoms with Gasteiger partial charge in [-0.25, -0.2) is 0 Å². The fraction of sp³-hybridized carbons (Fsp3) is 0.286. The topological polar surface area (TPSA) is 87.3 Å². The van der Waals surface area contributed by atoms with E-state index in [4.69, 9.17) is 0 Å². The van der Waals surface area contributed by atoms with E-state index in [2.05, 4.69) is 16.0 Å². The molecule has 3 N–H and O–H groups in total. The molecule has 2 rings (SSSR count). The Bertz CT molecular complexity index is 846.